The van der Waals surface area contributed by atoms with Crippen molar-refractivity contribution < 1.29 is 31.1 Å². The van der Waals surface area contributed by atoms with Crippen LogP contribution >= 0.6 is 0 Å². The summed E-state index contributed by atoms with van der Waals surface area (Å²) in [5.74, 6) is -0.0283. The molecule has 0 aliphatic rings. The number of amides is 2. The summed E-state index contributed by atoms with van der Waals surface area (Å²) in [6.07, 6.45) is 1.36. The molecule has 1 heterocycles. The highest BCUT2D eigenvalue weighted by atomic mass is 32.2. The van der Waals surface area contributed by atoms with Gasteiger partial charge < -0.3 is 9.47 Å². The van der Waals surface area contributed by atoms with Gasteiger partial charge in [-0.3, -0.25) is 5.32 Å². The molecule has 0 saturated carbocycles. The predicted octanol–water partition coefficient (Wildman–Crippen LogP) is 0.616. The van der Waals surface area contributed by atoms with E-state index >= 15 is 0 Å². The van der Waals surface area contributed by atoms with E-state index in [2.05, 4.69) is 20.0 Å². The highest BCUT2D eigenvalue weighted by Crippen LogP contribution is 2.20. The first-order valence-electron chi connectivity index (χ1n) is 8.84. The van der Waals surface area contributed by atoms with Gasteiger partial charge in [0.25, 0.3) is 10.0 Å². The van der Waals surface area contributed by atoms with Gasteiger partial charge in [0.2, 0.25) is 27.7 Å². The third-order valence-corrected chi connectivity index (χ3v) is 5.97. The predicted molar refractivity (Wildman–Crippen MR) is 112 cm³/mol. The Morgan fingerprint density at radius 1 is 1.03 bits per heavy atom. The molecule has 2 amide bonds. The normalized spacial score (nSPS) is 11.6. The second-order valence-electron chi connectivity index (χ2n) is 6.22. The molecule has 0 unspecified atom stereocenters. The molecule has 0 fully saturated rings. The Hall–Kier alpha value is -2.97. The topological polar surface area (TPSA) is 166 Å². The molecule has 0 bridgehead atoms. The Bertz CT molecular complexity index is 1150. The van der Waals surface area contributed by atoms with Crippen LogP contribution in [-0.2, 0) is 33.0 Å². The van der Waals surface area contributed by atoms with E-state index in [4.69, 9.17) is 9.47 Å². The maximum atomic E-state index is 12.8. The number of carbonyl (C=O) groups excluding carboxylic acids is 1. The van der Waals surface area contributed by atoms with Crippen LogP contribution in [0.25, 0.3) is 0 Å². The lowest BCUT2D eigenvalue weighted by Crippen LogP contribution is -2.35. The smallest absolute Gasteiger partial charge is 0.335 e. The molecule has 1 aromatic heterocycles. The number of hydrogen-bond acceptors (Lipinski definition) is 9. The molecule has 3 N–H and O–H groups in total. The van der Waals surface area contributed by atoms with Crippen molar-refractivity contribution in [2.24, 2.45) is 0 Å². The van der Waals surface area contributed by atoms with Gasteiger partial charge in [0.1, 0.15) is 0 Å². The number of nitrogens with zero attached hydrogens (tertiary/aromatic N) is 2. The van der Waals surface area contributed by atoms with E-state index in [0.717, 1.165) is 6.26 Å². The summed E-state index contributed by atoms with van der Waals surface area (Å²) in [6, 6.07) is 4.74. The fraction of sp³-hybridized carbons (Fsp3) is 0.353. The van der Waals surface area contributed by atoms with Gasteiger partial charge in [-0.15, -0.1) is 0 Å². The molecule has 2 aromatic rings. The standard InChI is InChI=1S/C17H23N5O7S2/c1-5-12-7-6-11(10-18-30(4,24)25)8-13(12)31(26,27)22-17(23)21-16-19-14(28-2)9-15(20-16)29-3/h6-9,18H,5,10H2,1-4H3,(H2,19,20,21,22,23). The van der Waals surface area contributed by atoms with E-state index in [1.807, 2.05) is 4.72 Å². The van der Waals surface area contributed by atoms with Crippen molar-refractivity contribution in [3.05, 3.63) is 35.4 Å². The summed E-state index contributed by atoms with van der Waals surface area (Å²) in [6.45, 7) is 1.65. The van der Waals surface area contributed by atoms with Crippen molar-refractivity contribution in [3.63, 3.8) is 0 Å². The van der Waals surface area contributed by atoms with Crippen molar-refractivity contribution >= 4 is 32.0 Å². The number of ether oxygens (including phenoxy) is 2. The van der Waals surface area contributed by atoms with E-state index in [0.29, 0.717) is 17.5 Å². The average molecular weight is 474 g/mol. The summed E-state index contributed by atoms with van der Waals surface area (Å²) < 4.78 is 62.3. The zero-order valence-electron chi connectivity index (χ0n) is 17.3. The summed E-state index contributed by atoms with van der Waals surface area (Å²) in [7, 11) is -5.04. The molecule has 0 aliphatic carbocycles. The maximum Gasteiger partial charge on any atom is 0.335 e. The molecule has 0 saturated heterocycles. The van der Waals surface area contributed by atoms with Crippen LogP contribution in [0.3, 0.4) is 0 Å². The summed E-state index contributed by atoms with van der Waals surface area (Å²) in [5, 5.41) is 2.21. The fourth-order valence-electron chi connectivity index (χ4n) is 2.44. The van der Waals surface area contributed by atoms with Gasteiger partial charge in [0, 0.05) is 6.54 Å². The Balaban J connectivity index is 2.25. The number of anilines is 1. The Morgan fingerprint density at radius 2 is 1.65 bits per heavy atom. The van der Waals surface area contributed by atoms with Gasteiger partial charge in [0.15, 0.2) is 0 Å². The van der Waals surface area contributed by atoms with Crippen LogP contribution in [-0.4, -0.2) is 53.3 Å². The molecule has 0 aliphatic heterocycles. The van der Waals surface area contributed by atoms with Crippen LogP contribution in [0.4, 0.5) is 10.7 Å². The van der Waals surface area contributed by atoms with E-state index in [1.165, 1.54) is 26.4 Å². The van der Waals surface area contributed by atoms with Crippen molar-refractivity contribution in [1.82, 2.24) is 19.4 Å². The molecule has 31 heavy (non-hydrogen) atoms. The minimum Gasteiger partial charge on any atom is -0.481 e. The molecule has 14 heteroatoms. The minimum absolute atomic E-state index is 0.101. The number of rotatable bonds is 9. The molecule has 0 spiro atoms. The monoisotopic (exact) mass is 473 g/mol. The maximum absolute atomic E-state index is 12.8. The lowest BCUT2D eigenvalue weighted by atomic mass is 10.1. The first-order valence-corrected chi connectivity index (χ1v) is 12.2. The number of hydrogen-bond donors (Lipinski definition) is 3. The lowest BCUT2D eigenvalue weighted by Gasteiger charge is -2.13. The number of methoxy groups -OCH3 is 2. The Labute approximate surface area is 180 Å². The molecular formula is C17H23N5O7S2. The summed E-state index contributed by atoms with van der Waals surface area (Å²) in [4.78, 5) is 19.9. The number of sulfonamides is 2. The number of aromatic nitrogens is 2. The van der Waals surface area contributed by atoms with Crippen molar-refractivity contribution in [2.45, 2.75) is 24.8 Å². The van der Waals surface area contributed by atoms with Gasteiger partial charge in [-0.05, 0) is 23.6 Å². The Morgan fingerprint density at radius 3 is 2.16 bits per heavy atom. The number of carbonyl (C=O) groups is 1. The van der Waals surface area contributed by atoms with Crippen LogP contribution < -0.4 is 24.2 Å². The van der Waals surface area contributed by atoms with Crippen LogP contribution in [0.5, 0.6) is 11.8 Å². The molecule has 0 radical (unpaired) electrons. The molecule has 2 rings (SSSR count). The highest BCUT2D eigenvalue weighted by Gasteiger charge is 2.22. The number of aryl methyl sites for hydroxylation is 1. The lowest BCUT2D eigenvalue weighted by molar-refractivity contribution is 0.256. The quantitative estimate of drug-likeness (QED) is 0.473. The van der Waals surface area contributed by atoms with E-state index in [1.54, 1.807) is 19.1 Å². The second-order valence-corrected chi connectivity index (χ2v) is 9.71. The SMILES string of the molecule is CCc1ccc(CNS(C)(=O)=O)cc1S(=O)(=O)NC(=O)Nc1nc(OC)cc(OC)n1. The third kappa shape index (κ3) is 7.04. The Kier molecular flexibility index (Phi) is 7.75. The van der Waals surface area contributed by atoms with Crippen LogP contribution in [0.2, 0.25) is 0 Å². The van der Waals surface area contributed by atoms with Crippen molar-refractivity contribution in [2.75, 3.05) is 25.8 Å². The largest absolute Gasteiger partial charge is 0.481 e. The molecular weight excluding hydrogens is 450 g/mol. The fourth-order valence-corrected chi connectivity index (χ4v) is 4.14. The molecule has 12 nitrogen and oxygen atoms in total. The van der Waals surface area contributed by atoms with Gasteiger partial charge in [-0.1, -0.05) is 19.1 Å². The van der Waals surface area contributed by atoms with Crippen LogP contribution in [0, 0.1) is 0 Å². The van der Waals surface area contributed by atoms with Crippen molar-refractivity contribution in [3.8, 4) is 11.8 Å². The summed E-state index contributed by atoms with van der Waals surface area (Å²) in [5.41, 5.74) is 0.854. The van der Waals surface area contributed by atoms with Crippen LogP contribution in [0.15, 0.2) is 29.2 Å². The zero-order valence-corrected chi connectivity index (χ0v) is 18.9. The molecule has 170 valence electrons. The zero-order chi connectivity index (χ0) is 23.2. The first kappa shape index (κ1) is 24.3. The first-order chi connectivity index (χ1) is 14.5. The van der Waals surface area contributed by atoms with Gasteiger partial charge in [0.05, 0.1) is 31.4 Å². The number of benzene rings is 1. The molecule has 1 aromatic carbocycles. The van der Waals surface area contributed by atoms with E-state index < -0.39 is 26.1 Å². The van der Waals surface area contributed by atoms with Gasteiger partial charge in [-0.2, -0.15) is 9.97 Å². The number of urea groups is 1. The van der Waals surface area contributed by atoms with Crippen LogP contribution in [0.1, 0.15) is 18.1 Å². The minimum atomic E-state index is -4.29. The highest BCUT2D eigenvalue weighted by molar-refractivity contribution is 7.90. The van der Waals surface area contributed by atoms with E-state index in [9.17, 15) is 21.6 Å². The van der Waals surface area contributed by atoms with Crippen molar-refractivity contribution in [1.29, 1.82) is 0 Å². The van der Waals surface area contributed by atoms with E-state index in [-0.39, 0.29) is 29.1 Å². The van der Waals surface area contributed by atoms with Gasteiger partial charge >= 0.3 is 6.03 Å². The number of nitrogens with one attached hydrogen (secondary N) is 3. The third-order valence-electron chi connectivity index (χ3n) is 3.89. The second kappa shape index (κ2) is 9.89. The molecule has 0 atom stereocenters. The average Bonchev–Trinajstić information content (AvgIpc) is 2.70. The van der Waals surface area contributed by atoms with Gasteiger partial charge in [-0.25, -0.2) is 31.1 Å². The summed E-state index contributed by atoms with van der Waals surface area (Å²) >= 11 is 0.